The van der Waals surface area contributed by atoms with Crippen LogP contribution in [0.2, 0.25) is 0 Å². The maximum Gasteiger partial charge on any atom is 0.349 e. The molecular weight excluding hydrogens is 372 g/mol. The highest BCUT2D eigenvalue weighted by atomic mass is 16.4. The van der Waals surface area contributed by atoms with Crippen molar-refractivity contribution in [2.45, 2.75) is 32.6 Å². The number of carbonyl (C=O) groups is 3. The lowest BCUT2D eigenvalue weighted by molar-refractivity contribution is -0.128. The molecule has 0 radical (unpaired) electrons. The fourth-order valence-electron chi connectivity index (χ4n) is 4.19. The Kier molecular flexibility index (Phi) is 4.82. The van der Waals surface area contributed by atoms with Crippen molar-refractivity contribution in [1.29, 1.82) is 0 Å². The lowest BCUT2D eigenvalue weighted by atomic mass is 9.85. The highest BCUT2D eigenvalue weighted by Crippen LogP contribution is 2.38. The predicted octanol–water partition coefficient (Wildman–Crippen LogP) is 1.61. The van der Waals surface area contributed by atoms with E-state index >= 15 is 0 Å². The van der Waals surface area contributed by atoms with E-state index in [1.165, 1.54) is 4.90 Å². The minimum atomic E-state index is -0.865. The fourth-order valence-corrected chi connectivity index (χ4v) is 4.19. The third-order valence-corrected chi connectivity index (χ3v) is 5.79. The molecule has 2 aliphatic rings. The molecule has 150 valence electrons. The van der Waals surface area contributed by atoms with Crippen LogP contribution in [-0.2, 0) is 22.4 Å². The van der Waals surface area contributed by atoms with E-state index in [2.05, 4.69) is 5.32 Å². The Bertz CT molecular complexity index is 1040. The second kappa shape index (κ2) is 7.31. The van der Waals surface area contributed by atoms with Gasteiger partial charge in [0.25, 0.3) is 5.91 Å². The molecule has 3 amide bonds. The van der Waals surface area contributed by atoms with Gasteiger partial charge in [-0.2, -0.15) is 0 Å². The van der Waals surface area contributed by atoms with Crippen molar-refractivity contribution in [2.24, 2.45) is 5.41 Å². The first-order valence-corrected chi connectivity index (χ1v) is 9.69. The van der Waals surface area contributed by atoms with Gasteiger partial charge in [0.1, 0.15) is 11.3 Å². The average Bonchev–Trinajstić information content (AvgIpc) is 3.23. The molecule has 1 aromatic carbocycles. The smallest absolute Gasteiger partial charge is 0.349 e. The molecule has 1 N–H and O–H groups in total. The van der Waals surface area contributed by atoms with E-state index in [0.717, 1.165) is 12.0 Å². The zero-order valence-corrected chi connectivity index (χ0v) is 16.2. The number of benzene rings is 1. The number of rotatable bonds is 4. The van der Waals surface area contributed by atoms with Gasteiger partial charge in [-0.15, -0.1) is 0 Å². The number of nitrogens with one attached hydrogen (secondary N) is 1. The second-order valence-electron chi connectivity index (χ2n) is 7.85. The molecule has 1 atom stereocenters. The highest BCUT2D eigenvalue weighted by Gasteiger charge is 2.52. The molecule has 7 nitrogen and oxygen atoms in total. The van der Waals surface area contributed by atoms with Crippen LogP contribution in [-0.4, -0.2) is 35.7 Å². The Hall–Kier alpha value is -3.22. The summed E-state index contributed by atoms with van der Waals surface area (Å²) in [5.74, 6) is -0.568. The Balaban J connectivity index is 1.50. The molecule has 0 saturated carbocycles. The Labute approximate surface area is 167 Å². The molecule has 1 spiro atoms. The minimum Gasteiger partial charge on any atom is -0.427 e. The molecule has 0 aliphatic carbocycles. The molecule has 2 aliphatic heterocycles. The number of hydrogen-bond donors (Lipinski definition) is 1. The third-order valence-electron chi connectivity index (χ3n) is 5.79. The zero-order chi connectivity index (χ0) is 20.6. The van der Waals surface area contributed by atoms with Crippen molar-refractivity contribution in [3.63, 3.8) is 0 Å². The van der Waals surface area contributed by atoms with Gasteiger partial charge in [-0.1, -0.05) is 30.3 Å². The topological polar surface area (TPSA) is 96.7 Å². The standard InChI is InChI=1S/C22H22N2O5/c1-14-11-16(8-7-15-5-3-2-4-6-15)29-20(27)18(14)19(26)24-10-9-22(13-24)12-17(25)23-21(22)28/h2-6,11H,7-10,12-13H2,1H3,(H,23,25,28). The van der Waals surface area contributed by atoms with E-state index in [1.807, 2.05) is 30.3 Å². The van der Waals surface area contributed by atoms with Crippen molar-refractivity contribution in [2.75, 3.05) is 13.1 Å². The minimum absolute atomic E-state index is 0.00440. The molecule has 2 aromatic rings. The number of amides is 3. The van der Waals surface area contributed by atoms with Crippen molar-refractivity contribution < 1.29 is 18.8 Å². The van der Waals surface area contributed by atoms with Crippen LogP contribution >= 0.6 is 0 Å². The largest absolute Gasteiger partial charge is 0.427 e. The van der Waals surface area contributed by atoms with Gasteiger partial charge in [-0.3, -0.25) is 19.7 Å². The monoisotopic (exact) mass is 394 g/mol. The molecule has 0 bridgehead atoms. The Morgan fingerprint density at radius 2 is 1.93 bits per heavy atom. The molecule has 29 heavy (non-hydrogen) atoms. The SMILES string of the molecule is Cc1cc(CCc2ccccc2)oc(=O)c1C(=O)N1CCC2(CC(=O)NC2=O)C1. The van der Waals surface area contributed by atoms with Crippen molar-refractivity contribution in [3.05, 3.63) is 69.3 Å². The third kappa shape index (κ3) is 3.60. The first-order valence-electron chi connectivity index (χ1n) is 9.69. The average molecular weight is 394 g/mol. The van der Waals surface area contributed by atoms with Crippen LogP contribution in [0.5, 0.6) is 0 Å². The van der Waals surface area contributed by atoms with Crippen LogP contribution in [0.3, 0.4) is 0 Å². The lowest BCUT2D eigenvalue weighted by Crippen LogP contribution is -2.38. The van der Waals surface area contributed by atoms with E-state index in [9.17, 15) is 19.2 Å². The van der Waals surface area contributed by atoms with E-state index in [4.69, 9.17) is 4.42 Å². The summed E-state index contributed by atoms with van der Waals surface area (Å²) in [5, 5.41) is 2.31. The predicted molar refractivity (Wildman–Crippen MR) is 104 cm³/mol. The van der Waals surface area contributed by atoms with Gasteiger partial charge in [0.2, 0.25) is 11.8 Å². The Morgan fingerprint density at radius 1 is 1.17 bits per heavy atom. The number of hydrogen-bond acceptors (Lipinski definition) is 5. The summed E-state index contributed by atoms with van der Waals surface area (Å²) in [7, 11) is 0. The van der Waals surface area contributed by atoms with Gasteiger partial charge in [0.05, 0.1) is 5.41 Å². The molecule has 2 saturated heterocycles. The van der Waals surface area contributed by atoms with Crippen LogP contribution in [0.4, 0.5) is 0 Å². The summed E-state index contributed by atoms with van der Waals surface area (Å²) >= 11 is 0. The molecule has 3 heterocycles. The van der Waals surface area contributed by atoms with E-state index < -0.39 is 16.9 Å². The summed E-state index contributed by atoms with van der Waals surface area (Å²) < 4.78 is 5.41. The molecule has 2 fully saturated rings. The normalized spacial score (nSPS) is 21.1. The van der Waals surface area contributed by atoms with Gasteiger partial charge < -0.3 is 9.32 Å². The van der Waals surface area contributed by atoms with Crippen LogP contribution in [0.25, 0.3) is 0 Å². The molecule has 1 unspecified atom stereocenters. The van der Waals surface area contributed by atoms with Gasteiger partial charge in [-0.25, -0.2) is 4.79 Å². The maximum absolute atomic E-state index is 13.0. The van der Waals surface area contributed by atoms with Crippen LogP contribution in [0, 0.1) is 12.3 Å². The first kappa shape index (κ1) is 19.1. The van der Waals surface area contributed by atoms with Crippen molar-refractivity contribution >= 4 is 17.7 Å². The molecular formula is C22H22N2O5. The number of nitrogens with zero attached hydrogens (tertiary/aromatic N) is 1. The van der Waals surface area contributed by atoms with Crippen molar-refractivity contribution in [1.82, 2.24) is 10.2 Å². The quantitative estimate of drug-likeness (QED) is 0.795. The van der Waals surface area contributed by atoms with Gasteiger partial charge in [0.15, 0.2) is 0 Å². The van der Waals surface area contributed by atoms with Crippen molar-refractivity contribution in [3.8, 4) is 0 Å². The zero-order valence-electron chi connectivity index (χ0n) is 16.2. The number of aryl methyl sites for hydroxylation is 3. The first-order chi connectivity index (χ1) is 13.9. The Morgan fingerprint density at radius 3 is 2.59 bits per heavy atom. The summed E-state index contributed by atoms with van der Waals surface area (Å²) in [4.78, 5) is 50.7. The van der Waals surface area contributed by atoms with Crippen LogP contribution < -0.4 is 10.9 Å². The summed E-state index contributed by atoms with van der Waals surface area (Å²) in [6.45, 7) is 2.18. The van der Waals surface area contributed by atoms with E-state index in [-0.39, 0.29) is 30.3 Å². The molecule has 7 heteroatoms. The number of likely N-dealkylation sites (tertiary alicyclic amines) is 1. The molecule has 4 rings (SSSR count). The highest BCUT2D eigenvalue weighted by molar-refractivity contribution is 6.07. The van der Waals surface area contributed by atoms with E-state index in [1.54, 1.807) is 13.0 Å². The summed E-state index contributed by atoms with van der Waals surface area (Å²) in [6.07, 6.45) is 1.79. The second-order valence-corrected chi connectivity index (χ2v) is 7.85. The summed E-state index contributed by atoms with van der Waals surface area (Å²) in [6, 6.07) is 11.6. The number of imide groups is 1. The van der Waals surface area contributed by atoms with Gasteiger partial charge in [-0.05, 0) is 37.0 Å². The van der Waals surface area contributed by atoms with Crippen LogP contribution in [0.1, 0.15) is 40.1 Å². The van der Waals surface area contributed by atoms with Gasteiger partial charge >= 0.3 is 5.63 Å². The number of carbonyl (C=O) groups excluding carboxylic acids is 3. The summed E-state index contributed by atoms with van der Waals surface area (Å²) in [5.41, 5.74) is 0.166. The van der Waals surface area contributed by atoms with Gasteiger partial charge in [0, 0.05) is 25.9 Å². The lowest BCUT2D eigenvalue weighted by Gasteiger charge is -2.20. The van der Waals surface area contributed by atoms with Crippen LogP contribution in [0.15, 0.2) is 45.6 Å². The van der Waals surface area contributed by atoms with E-state index in [0.29, 0.717) is 30.7 Å². The molecule has 1 aromatic heterocycles. The fraction of sp³-hybridized carbons (Fsp3) is 0.364. The maximum atomic E-state index is 13.0.